The largest absolute Gasteiger partial charge is 0.506 e. The monoisotopic (exact) mass is 514 g/mol. The number of hydrogen-bond acceptors (Lipinski definition) is 7. The summed E-state index contributed by atoms with van der Waals surface area (Å²) >= 11 is 0. The average Bonchev–Trinajstić information content (AvgIpc) is 3.22. The first-order valence-electron chi connectivity index (χ1n) is 13.4. The van der Waals surface area contributed by atoms with Gasteiger partial charge in [0.2, 0.25) is 5.95 Å². The summed E-state index contributed by atoms with van der Waals surface area (Å²) in [4.78, 5) is 11.9. The minimum absolute atomic E-state index is 0.188. The van der Waals surface area contributed by atoms with E-state index in [9.17, 15) is 10.2 Å². The van der Waals surface area contributed by atoms with Gasteiger partial charge in [-0.25, -0.2) is 4.98 Å². The van der Waals surface area contributed by atoms with E-state index in [1.165, 1.54) is 11.1 Å². The molecule has 5 rings (SSSR count). The van der Waals surface area contributed by atoms with Crippen LogP contribution in [0.1, 0.15) is 40.9 Å². The molecule has 0 amide bonds. The first-order valence-corrected chi connectivity index (χ1v) is 13.4. The predicted molar refractivity (Wildman–Crippen MR) is 153 cm³/mol. The Morgan fingerprint density at radius 1 is 0.947 bits per heavy atom. The molecule has 0 atom stereocenters. The first-order chi connectivity index (χ1) is 18.4. The lowest BCUT2D eigenvalue weighted by molar-refractivity contribution is 0.168. The Hall–Kier alpha value is -3.62. The fourth-order valence-electron chi connectivity index (χ4n) is 5.32. The summed E-state index contributed by atoms with van der Waals surface area (Å²) < 4.78 is 2.14. The minimum Gasteiger partial charge on any atom is -0.506 e. The van der Waals surface area contributed by atoms with E-state index in [0.29, 0.717) is 24.8 Å². The van der Waals surface area contributed by atoms with E-state index >= 15 is 0 Å². The third-order valence-corrected chi connectivity index (χ3v) is 7.27. The summed E-state index contributed by atoms with van der Waals surface area (Å²) in [5, 5.41) is 27.1. The predicted octanol–water partition coefficient (Wildman–Crippen LogP) is 4.59. The zero-order chi connectivity index (χ0) is 26.6. The number of benzene rings is 2. The van der Waals surface area contributed by atoms with Crippen molar-refractivity contribution in [2.45, 2.75) is 52.7 Å². The molecule has 0 saturated carbocycles. The van der Waals surface area contributed by atoms with Gasteiger partial charge in [0, 0.05) is 43.6 Å². The molecule has 8 nitrogen and oxygen atoms in total. The molecule has 0 bridgehead atoms. The number of imidazole rings is 1. The number of hydrogen-bond donors (Lipinski definition) is 4. The van der Waals surface area contributed by atoms with Crippen LogP contribution in [0.3, 0.4) is 0 Å². The number of nitrogens with one attached hydrogen (secondary N) is 2. The topological polar surface area (TPSA) is 98.5 Å². The maximum absolute atomic E-state index is 10.6. The van der Waals surface area contributed by atoms with Gasteiger partial charge in [0.05, 0.1) is 24.2 Å². The summed E-state index contributed by atoms with van der Waals surface area (Å²) in [5.41, 5.74) is 8.16. The summed E-state index contributed by atoms with van der Waals surface area (Å²) in [6, 6.07) is 16.7. The molecule has 0 radical (unpaired) electrons. The number of rotatable bonds is 9. The number of pyridine rings is 1. The zero-order valence-electron chi connectivity index (χ0n) is 22.5. The molecular weight excluding hydrogens is 476 g/mol. The Kier molecular flexibility index (Phi) is 7.81. The Bertz CT molecular complexity index is 1390. The van der Waals surface area contributed by atoms with Crippen LogP contribution in [0.25, 0.3) is 11.0 Å². The number of piperidine rings is 1. The molecule has 200 valence electrons. The van der Waals surface area contributed by atoms with Crippen LogP contribution >= 0.6 is 0 Å². The van der Waals surface area contributed by atoms with Gasteiger partial charge in [-0.2, -0.15) is 0 Å². The molecule has 4 aromatic rings. The van der Waals surface area contributed by atoms with Crippen LogP contribution in [0.2, 0.25) is 0 Å². The molecule has 2 aromatic carbocycles. The number of aliphatic hydroxyl groups excluding tert-OH is 1. The summed E-state index contributed by atoms with van der Waals surface area (Å²) in [6.07, 6.45) is 1.98. The molecule has 0 unspecified atom stereocenters. The van der Waals surface area contributed by atoms with Gasteiger partial charge in [-0.05, 0) is 86.7 Å². The third-order valence-electron chi connectivity index (χ3n) is 7.27. The van der Waals surface area contributed by atoms with Gasteiger partial charge in [-0.3, -0.25) is 4.98 Å². The minimum atomic E-state index is 0.188. The van der Waals surface area contributed by atoms with Crippen molar-refractivity contribution < 1.29 is 10.2 Å². The lowest BCUT2D eigenvalue weighted by atomic mass is 10.1. The van der Waals surface area contributed by atoms with Crippen LogP contribution < -0.4 is 10.6 Å². The fraction of sp³-hybridized carbons (Fsp3) is 0.400. The number of aromatic nitrogens is 3. The Labute approximate surface area is 224 Å². The number of nitrogens with zero attached hydrogens (tertiary/aromatic N) is 4. The molecule has 1 saturated heterocycles. The van der Waals surface area contributed by atoms with Crippen molar-refractivity contribution in [2.75, 3.05) is 36.9 Å². The van der Waals surface area contributed by atoms with Gasteiger partial charge >= 0.3 is 0 Å². The molecule has 0 spiro atoms. The van der Waals surface area contributed by atoms with Gasteiger partial charge in [-0.1, -0.05) is 12.1 Å². The molecule has 2 aromatic heterocycles. The van der Waals surface area contributed by atoms with Crippen molar-refractivity contribution >= 4 is 22.7 Å². The fourth-order valence-corrected chi connectivity index (χ4v) is 5.32. The second-order valence-corrected chi connectivity index (χ2v) is 10.5. The highest BCUT2D eigenvalue weighted by atomic mass is 16.3. The number of likely N-dealkylation sites (tertiary alicyclic amines) is 1. The number of fused-ring (bicyclic) bond motifs is 1. The maximum atomic E-state index is 10.6. The van der Waals surface area contributed by atoms with Crippen molar-refractivity contribution in [3.05, 3.63) is 76.6 Å². The van der Waals surface area contributed by atoms with E-state index in [4.69, 9.17) is 4.98 Å². The molecule has 1 aliphatic rings. The van der Waals surface area contributed by atoms with E-state index in [1.54, 1.807) is 6.07 Å². The van der Waals surface area contributed by atoms with Crippen LogP contribution in [-0.4, -0.2) is 61.9 Å². The number of aromatic hydroxyl groups is 1. The second-order valence-electron chi connectivity index (χ2n) is 10.5. The zero-order valence-corrected chi connectivity index (χ0v) is 22.5. The highest BCUT2D eigenvalue weighted by molar-refractivity contribution is 5.80. The van der Waals surface area contributed by atoms with Gasteiger partial charge < -0.3 is 30.3 Å². The van der Waals surface area contributed by atoms with Crippen LogP contribution in [-0.2, 0) is 13.1 Å². The number of anilines is 2. The van der Waals surface area contributed by atoms with Crippen molar-refractivity contribution in [1.82, 2.24) is 19.4 Å². The molecule has 38 heavy (non-hydrogen) atoms. The van der Waals surface area contributed by atoms with E-state index in [-0.39, 0.29) is 12.4 Å². The Morgan fingerprint density at radius 3 is 2.45 bits per heavy atom. The van der Waals surface area contributed by atoms with E-state index in [0.717, 1.165) is 66.4 Å². The highest BCUT2D eigenvalue weighted by Crippen LogP contribution is 2.27. The molecular formula is C30H38N6O2. The second kappa shape index (κ2) is 11.4. The number of aryl methyl sites for hydroxylation is 3. The van der Waals surface area contributed by atoms with Crippen LogP contribution in [0.4, 0.5) is 11.6 Å². The van der Waals surface area contributed by atoms with Gasteiger partial charge in [-0.15, -0.1) is 0 Å². The molecule has 0 aliphatic carbocycles. The van der Waals surface area contributed by atoms with Crippen molar-refractivity contribution in [1.29, 1.82) is 0 Å². The molecule has 4 N–H and O–H groups in total. The smallest absolute Gasteiger partial charge is 0.204 e. The summed E-state index contributed by atoms with van der Waals surface area (Å²) in [7, 11) is 0. The van der Waals surface area contributed by atoms with E-state index in [2.05, 4.69) is 75.3 Å². The average molecular weight is 515 g/mol. The standard InChI is InChI=1S/C30H38N6O2/c1-20-14-21(2)16-25(15-20)31-18-23-5-6-26-28(17-23)36(19-27-29(38)7-4-22(3)32-27)30(34-26)33-24-8-10-35(11-9-24)12-13-37/h4-7,14-17,24,31,37-38H,8-13,18-19H2,1-3H3,(H,33,34). The summed E-state index contributed by atoms with van der Waals surface area (Å²) in [6.45, 7) is 10.1. The SMILES string of the molecule is Cc1cc(C)cc(NCc2ccc3nc(NC4CCN(CCO)CC4)n(Cc4nc(C)ccc4O)c3c2)c1. The molecule has 3 heterocycles. The number of aliphatic hydroxyl groups is 1. The van der Waals surface area contributed by atoms with Crippen LogP contribution in [0.15, 0.2) is 48.5 Å². The number of β-amino-alcohol motifs (C(OH)–C–C–N with tert-alkyl or cyclic N) is 1. The summed E-state index contributed by atoms with van der Waals surface area (Å²) in [5.74, 6) is 0.982. The Morgan fingerprint density at radius 2 is 1.71 bits per heavy atom. The third kappa shape index (κ3) is 6.09. The van der Waals surface area contributed by atoms with E-state index < -0.39 is 0 Å². The van der Waals surface area contributed by atoms with Crippen LogP contribution in [0, 0.1) is 20.8 Å². The van der Waals surface area contributed by atoms with Gasteiger partial charge in [0.25, 0.3) is 0 Å². The van der Waals surface area contributed by atoms with Crippen LogP contribution in [0.5, 0.6) is 5.75 Å². The van der Waals surface area contributed by atoms with Crippen molar-refractivity contribution in [2.24, 2.45) is 0 Å². The highest BCUT2D eigenvalue weighted by Gasteiger charge is 2.22. The normalized spacial score (nSPS) is 14.7. The van der Waals surface area contributed by atoms with E-state index in [1.807, 2.05) is 13.0 Å². The quantitative estimate of drug-likeness (QED) is 0.259. The first kappa shape index (κ1) is 26.0. The van der Waals surface area contributed by atoms with Crippen molar-refractivity contribution in [3.63, 3.8) is 0 Å². The van der Waals surface area contributed by atoms with Crippen molar-refractivity contribution in [3.8, 4) is 5.75 Å². The van der Waals surface area contributed by atoms with Gasteiger partial charge in [0.1, 0.15) is 11.4 Å². The molecule has 1 aliphatic heterocycles. The van der Waals surface area contributed by atoms with Gasteiger partial charge in [0.15, 0.2) is 0 Å². The Balaban J connectivity index is 1.43. The molecule has 1 fully saturated rings. The lowest BCUT2D eigenvalue weighted by Crippen LogP contribution is -2.40. The lowest BCUT2D eigenvalue weighted by Gasteiger charge is -2.32. The molecule has 8 heteroatoms. The maximum Gasteiger partial charge on any atom is 0.204 e.